The summed E-state index contributed by atoms with van der Waals surface area (Å²) in [6.45, 7) is 4.14. The van der Waals surface area contributed by atoms with Gasteiger partial charge in [-0.3, -0.25) is 19.2 Å². The number of ether oxygens (including phenoxy) is 1. The monoisotopic (exact) mass is 658 g/mol. The van der Waals surface area contributed by atoms with Gasteiger partial charge in [-0.1, -0.05) is 12.8 Å². The molecule has 0 aliphatic heterocycles. The summed E-state index contributed by atoms with van der Waals surface area (Å²) in [6, 6.07) is -1.56. The fraction of sp³-hybridized carbons (Fsp3) is 0.833. The number of primary amides is 2. The lowest BCUT2D eigenvalue weighted by Gasteiger charge is -2.19. The largest absolute Gasteiger partial charge is 0.446 e. The Morgan fingerprint density at radius 2 is 1.15 bits per heavy atom. The van der Waals surface area contributed by atoms with Crippen molar-refractivity contribution in [2.75, 3.05) is 52.9 Å². The second-order valence-electron chi connectivity index (χ2n) is 11.4. The lowest BCUT2D eigenvalue weighted by atomic mass is 10.1. The van der Waals surface area contributed by atoms with Crippen LogP contribution in [0.5, 0.6) is 0 Å². The highest BCUT2D eigenvalue weighted by Gasteiger charge is 2.16. The topological polar surface area (TPSA) is 271 Å². The summed E-state index contributed by atoms with van der Waals surface area (Å²) in [5.74, 6) is -1.11. The number of carbonyl (C=O) groups excluding carboxylic acids is 5. The Hall–Kier alpha value is -3.05. The zero-order chi connectivity index (χ0) is 34.4. The van der Waals surface area contributed by atoms with Crippen LogP contribution in [0.3, 0.4) is 0 Å². The lowest BCUT2D eigenvalue weighted by molar-refractivity contribution is -0.122. The molecule has 0 bridgehead atoms. The van der Waals surface area contributed by atoms with Crippen molar-refractivity contribution in [1.29, 1.82) is 0 Å². The Morgan fingerprint density at radius 1 is 0.630 bits per heavy atom. The van der Waals surface area contributed by atoms with E-state index in [1.54, 1.807) is 7.05 Å². The zero-order valence-corrected chi connectivity index (χ0v) is 27.8. The van der Waals surface area contributed by atoms with Gasteiger partial charge < -0.3 is 59.6 Å². The third-order valence-electron chi connectivity index (χ3n) is 7.51. The maximum Gasteiger partial charge on any atom is 0.407 e. The quantitative estimate of drug-likeness (QED) is 0.0291. The van der Waals surface area contributed by atoms with Crippen LogP contribution < -0.4 is 54.8 Å². The van der Waals surface area contributed by atoms with Crippen molar-refractivity contribution in [3.05, 3.63) is 0 Å². The maximum absolute atomic E-state index is 12.5. The smallest absolute Gasteiger partial charge is 0.407 e. The molecule has 0 saturated heterocycles. The predicted octanol–water partition coefficient (Wildman–Crippen LogP) is -1.59. The molecule has 46 heavy (non-hydrogen) atoms. The zero-order valence-electron chi connectivity index (χ0n) is 27.8. The number of amides is 5. The summed E-state index contributed by atoms with van der Waals surface area (Å²) in [5.41, 5.74) is 22.1. The van der Waals surface area contributed by atoms with Gasteiger partial charge in [0.2, 0.25) is 24.1 Å². The van der Waals surface area contributed by atoms with Gasteiger partial charge in [-0.15, -0.1) is 0 Å². The molecule has 0 aliphatic carbocycles. The number of carbonyl (C=O) groups is 5. The molecule has 0 rings (SSSR count). The van der Waals surface area contributed by atoms with Crippen LogP contribution in [0.1, 0.15) is 83.5 Å². The molecular formula is C30H62N10O6. The summed E-state index contributed by atoms with van der Waals surface area (Å²) in [7, 11) is 1.73. The molecule has 0 fully saturated rings. The van der Waals surface area contributed by atoms with E-state index in [9.17, 15) is 24.0 Å². The van der Waals surface area contributed by atoms with E-state index in [0.717, 1.165) is 71.1 Å². The fourth-order valence-corrected chi connectivity index (χ4v) is 4.66. The molecule has 4 unspecified atom stereocenters. The van der Waals surface area contributed by atoms with Crippen LogP contribution in [-0.4, -0.2) is 107 Å². The molecule has 0 aromatic heterocycles. The summed E-state index contributed by atoms with van der Waals surface area (Å²) < 4.78 is 5.71. The molecule has 16 heteroatoms. The third kappa shape index (κ3) is 25.2. The third-order valence-corrected chi connectivity index (χ3v) is 7.51. The number of hydrogen-bond donors (Lipinski definition) is 10. The van der Waals surface area contributed by atoms with Crippen molar-refractivity contribution in [2.45, 2.75) is 108 Å². The Labute approximate surface area is 274 Å². The number of unbranched alkanes of at least 4 members (excludes halogenated alkanes) is 3. The molecule has 0 aromatic rings. The van der Waals surface area contributed by atoms with Crippen LogP contribution in [0.2, 0.25) is 0 Å². The van der Waals surface area contributed by atoms with Gasteiger partial charge in [0.15, 0.2) is 0 Å². The first kappa shape index (κ1) is 43.0. The van der Waals surface area contributed by atoms with E-state index in [1.807, 2.05) is 0 Å². The molecule has 0 heterocycles. The highest BCUT2D eigenvalue weighted by molar-refractivity contribution is 5.81. The van der Waals surface area contributed by atoms with Crippen molar-refractivity contribution in [3.8, 4) is 0 Å². The predicted molar refractivity (Wildman–Crippen MR) is 178 cm³/mol. The van der Waals surface area contributed by atoms with Crippen molar-refractivity contribution in [3.63, 3.8) is 0 Å². The van der Waals surface area contributed by atoms with Gasteiger partial charge in [-0.25, -0.2) is 4.79 Å². The molecule has 0 aliphatic rings. The van der Waals surface area contributed by atoms with E-state index < -0.39 is 24.1 Å². The minimum absolute atomic E-state index is 0.208. The number of hydrogen-bond acceptors (Lipinski definition) is 11. The van der Waals surface area contributed by atoms with Crippen LogP contribution in [-0.2, 0) is 23.9 Å². The molecule has 5 amide bonds. The van der Waals surface area contributed by atoms with Gasteiger partial charge in [0.1, 0.15) is 6.10 Å². The minimum atomic E-state index is -0.650. The summed E-state index contributed by atoms with van der Waals surface area (Å²) in [6.07, 6.45) is 9.59. The average Bonchev–Trinajstić information content (AvgIpc) is 3.02. The van der Waals surface area contributed by atoms with Crippen LogP contribution in [0, 0.1) is 0 Å². The Balaban J connectivity index is 4.40. The first-order chi connectivity index (χ1) is 22.1. The molecule has 0 radical (unpaired) electrons. The number of likely N-dealkylation sites (N-methyl/N-ethyl adjacent to an activating group) is 1. The first-order valence-electron chi connectivity index (χ1n) is 16.7. The van der Waals surface area contributed by atoms with Crippen LogP contribution >= 0.6 is 0 Å². The van der Waals surface area contributed by atoms with Crippen molar-refractivity contribution in [2.24, 2.45) is 22.9 Å². The van der Waals surface area contributed by atoms with Crippen LogP contribution in [0.15, 0.2) is 0 Å². The van der Waals surface area contributed by atoms with Gasteiger partial charge in [-0.05, 0) is 104 Å². The maximum atomic E-state index is 12.5. The van der Waals surface area contributed by atoms with Gasteiger partial charge in [0.25, 0.3) is 0 Å². The van der Waals surface area contributed by atoms with Gasteiger partial charge in [-0.2, -0.15) is 0 Å². The summed E-state index contributed by atoms with van der Waals surface area (Å²) >= 11 is 0. The van der Waals surface area contributed by atoms with Crippen molar-refractivity contribution >= 4 is 30.2 Å². The second-order valence-corrected chi connectivity index (χ2v) is 11.4. The summed E-state index contributed by atoms with van der Waals surface area (Å²) in [5, 5.41) is 17.7. The molecule has 0 spiro atoms. The van der Waals surface area contributed by atoms with E-state index >= 15 is 0 Å². The molecule has 0 saturated carbocycles. The fourth-order valence-electron chi connectivity index (χ4n) is 4.66. The SMILES string of the molecule is CNC(CCCCNCCCC(CCCNCCCCC(N)C(N)=O)OC(=O)NCCNC(=O)C(N)CCCCNC=O)C(N)=O. The first-order valence-corrected chi connectivity index (χ1v) is 16.7. The summed E-state index contributed by atoms with van der Waals surface area (Å²) in [4.78, 5) is 57.2. The standard InChI is InChI=1S/C30H62N10O6/c1-35-26(28(34)43)14-4-7-16-37-19-9-11-23(10-8-18-36-15-5-2-12-24(31)27(33)42)46-30(45)40-21-20-39-29(44)25(32)13-3-6-17-38-22-41/h22-26,35-37H,2-21,31-32H2,1H3,(H2,33,42)(H2,34,43)(H,38,41)(H,39,44)(H,40,45). The molecular weight excluding hydrogens is 596 g/mol. The molecule has 14 N–H and O–H groups in total. The average molecular weight is 659 g/mol. The molecule has 16 nitrogen and oxygen atoms in total. The number of rotatable bonds is 32. The Morgan fingerprint density at radius 3 is 1.70 bits per heavy atom. The Bertz CT molecular complexity index is 838. The van der Waals surface area contributed by atoms with E-state index in [-0.39, 0.29) is 37.0 Å². The van der Waals surface area contributed by atoms with Gasteiger partial charge in [0, 0.05) is 19.6 Å². The van der Waals surface area contributed by atoms with Crippen molar-refractivity contribution < 1.29 is 28.7 Å². The number of alkyl carbamates (subject to hydrolysis) is 1. The number of nitrogens with one attached hydrogen (secondary N) is 6. The van der Waals surface area contributed by atoms with Gasteiger partial charge >= 0.3 is 6.09 Å². The van der Waals surface area contributed by atoms with E-state index in [0.29, 0.717) is 51.5 Å². The Kier molecular flexibility index (Phi) is 27.4. The van der Waals surface area contributed by atoms with Crippen molar-refractivity contribution in [1.82, 2.24) is 31.9 Å². The highest BCUT2D eigenvalue weighted by Crippen LogP contribution is 2.10. The second kappa shape index (κ2) is 29.4. The van der Waals surface area contributed by atoms with Crippen LogP contribution in [0.4, 0.5) is 4.79 Å². The molecule has 4 atom stereocenters. The van der Waals surface area contributed by atoms with E-state index in [4.69, 9.17) is 27.7 Å². The van der Waals surface area contributed by atoms with Crippen LogP contribution in [0.25, 0.3) is 0 Å². The lowest BCUT2D eigenvalue weighted by Crippen LogP contribution is -2.43. The van der Waals surface area contributed by atoms with E-state index in [1.165, 1.54) is 0 Å². The van der Waals surface area contributed by atoms with E-state index in [2.05, 4.69) is 31.9 Å². The highest BCUT2D eigenvalue weighted by atomic mass is 16.6. The van der Waals surface area contributed by atoms with Gasteiger partial charge in [0.05, 0.1) is 18.1 Å². The normalized spacial score (nSPS) is 13.6. The minimum Gasteiger partial charge on any atom is -0.446 e. The molecule has 0 aromatic carbocycles. The number of nitrogens with two attached hydrogens (primary N) is 4. The molecule has 268 valence electrons.